The van der Waals surface area contributed by atoms with E-state index in [-0.39, 0.29) is 23.9 Å². The number of hydrogen-bond donors (Lipinski definition) is 1. The highest BCUT2D eigenvalue weighted by atomic mass is 19.3. The molecule has 0 saturated carbocycles. The summed E-state index contributed by atoms with van der Waals surface area (Å²) in [6.07, 6.45) is 9.81. The minimum atomic E-state index is -2.50. The zero-order valence-electron chi connectivity index (χ0n) is 24.9. The molecule has 0 bridgehead atoms. The van der Waals surface area contributed by atoms with Gasteiger partial charge >= 0.3 is 0 Å². The molecule has 3 aliphatic rings. The fourth-order valence-corrected chi connectivity index (χ4v) is 5.80. The molecule has 1 aliphatic carbocycles. The van der Waals surface area contributed by atoms with Crippen LogP contribution in [0.1, 0.15) is 50.2 Å². The van der Waals surface area contributed by atoms with E-state index in [4.69, 9.17) is 5.73 Å². The standard InChI is InChI=1S/C34H43F2N5O/c1-25(2)38-16-6-17-40-18-13-27(14-19-40)29-7-4-5-8-31-30(21-29)22-32(39(31)3)33(42)24-41(20-15-37)23-26-9-11-28(12-10-26)34(35)36/h7,9-12,16,21-22,27,31,34H,1,4,6,13-15,17-20,23-24,37H2,2-3H3/b29-7-,30-21-,38-16-. The van der Waals surface area contributed by atoms with E-state index in [1.807, 2.05) is 36.1 Å². The van der Waals surface area contributed by atoms with E-state index in [0.29, 0.717) is 37.7 Å². The topological polar surface area (TPSA) is 65.2 Å². The van der Waals surface area contributed by atoms with Gasteiger partial charge in [0, 0.05) is 57.1 Å². The summed E-state index contributed by atoms with van der Waals surface area (Å²) in [4.78, 5) is 24.3. The Balaban J connectivity index is 1.41. The first-order valence-corrected chi connectivity index (χ1v) is 14.8. The van der Waals surface area contributed by atoms with Gasteiger partial charge in [0.15, 0.2) is 5.78 Å². The van der Waals surface area contributed by atoms with E-state index >= 15 is 0 Å². The van der Waals surface area contributed by atoms with Crippen molar-refractivity contribution in [2.45, 2.75) is 51.6 Å². The van der Waals surface area contributed by atoms with E-state index in [2.05, 4.69) is 40.5 Å². The molecule has 1 atom stereocenters. The van der Waals surface area contributed by atoms with E-state index in [9.17, 15) is 13.6 Å². The lowest BCUT2D eigenvalue weighted by Gasteiger charge is -2.32. The highest BCUT2D eigenvalue weighted by Gasteiger charge is 2.32. The van der Waals surface area contributed by atoms with Crippen LogP contribution in [0.15, 0.2) is 76.6 Å². The highest BCUT2D eigenvalue weighted by molar-refractivity contribution is 5.98. The quantitative estimate of drug-likeness (QED) is 0.261. The summed E-state index contributed by atoms with van der Waals surface area (Å²) in [5.41, 5.74) is 10.6. The number of piperidine rings is 1. The maximum absolute atomic E-state index is 13.6. The smallest absolute Gasteiger partial charge is 0.263 e. The Morgan fingerprint density at radius 3 is 2.62 bits per heavy atom. The third-order valence-corrected chi connectivity index (χ3v) is 8.08. The Morgan fingerprint density at radius 2 is 1.95 bits per heavy atom. The molecule has 2 aliphatic heterocycles. The fraction of sp³-hybridized carbons (Fsp3) is 0.471. The summed E-state index contributed by atoms with van der Waals surface area (Å²) in [6.45, 7) is 10.4. The van der Waals surface area contributed by atoms with Crippen LogP contribution in [0.4, 0.5) is 8.78 Å². The SMILES string of the molecule is C=C(C)/N=C\CCN1CCC(C2=C\CC#CC3/C(=C\2)C=C(C(=O)CN(CCN)Cc2ccc(C(F)F)cc2)N3C)CC1. The van der Waals surface area contributed by atoms with Crippen LogP contribution in [0.25, 0.3) is 0 Å². The van der Waals surface area contributed by atoms with Crippen LogP contribution in [-0.4, -0.2) is 79.1 Å². The number of benzene rings is 1. The number of halogens is 2. The average molecular weight is 576 g/mol. The first-order valence-electron chi connectivity index (χ1n) is 14.8. The average Bonchev–Trinajstić information content (AvgIpc) is 3.25. The molecule has 8 heteroatoms. The van der Waals surface area contributed by atoms with Gasteiger partial charge in [0.1, 0.15) is 6.04 Å². The third kappa shape index (κ3) is 8.57. The zero-order valence-corrected chi connectivity index (χ0v) is 24.9. The van der Waals surface area contributed by atoms with E-state index in [0.717, 1.165) is 55.7 Å². The second-order valence-corrected chi connectivity index (χ2v) is 11.3. The molecule has 224 valence electrons. The summed E-state index contributed by atoms with van der Waals surface area (Å²) in [6, 6.07) is 6.10. The normalized spacial score (nSPS) is 22.1. The van der Waals surface area contributed by atoms with Gasteiger partial charge < -0.3 is 15.5 Å². The van der Waals surface area contributed by atoms with Crippen molar-refractivity contribution in [2.24, 2.45) is 16.6 Å². The molecule has 0 aromatic heterocycles. The number of aliphatic imine (C=N–C) groups is 1. The van der Waals surface area contributed by atoms with Crippen LogP contribution in [-0.2, 0) is 11.3 Å². The van der Waals surface area contributed by atoms with Gasteiger partial charge in [-0.05, 0) is 68.0 Å². The zero-order chi connectivity index (χ0) is 30.1. The maximum Gasteiger partial charge on any atom is 0.263 e. The van der Waals surface area contributed by atoms with Gasteiger partial charge in [0.05, 0.1) is 12.2 Å². The Hall–Kier alpha value is -3.38. The summed E-state index contributed by atoms with van der Waals surface area (Å²) >= 11 is 0. The first kappa shape index (κ1) is 31.6. The molecule has 1 saturated heterocycles. The lowest BCUT2D eigenvalue weighted by molar-refractivity contribution is -0.118. The number of hydrogen-bond acceptors (Lipinski definition) is 6. The number of allylic oxidation sites excluding steroid dienone is 4. The molecule has 1 aromatic carbocycles. The van der Waals surface area contributed by atoms with Gasteiger partial charge in [-0.15, -0.1) is 0 Å². The number of fused-ring (bicyclic) bond motifs is 1. The molecule has 42 heavy (non-hydrogen) atoms. The van der Waals surface area contributed by atoms with Crippen molar-refractivity contribution >= 4 is 12.0 Å². The third-order valence-electron chi connectivity index (χ3n) is 8.08. The van der Waals surface area contributed by atoms with Crippen molar-refractivity contribution in [2.75, 3.05) is 46.3 Å². The second kappa shape index (κ2) is 15.2. The molecule has 6 nitrogen and oxygen atoms in total. The van der Waals surface area contributed by atoms with Gasteiger partial charge in [-0.1, -0.05) is 54.8 Å². The van der Waals surface area contributed by atoms with Gasteiger partial charge in [0.2, 0.25) is 0 Å². The lowest BCUT2D eigenvalue weighted by atomic mass is 9.86. The Bertz CT molecular complexity index is 1290. The van der Waals surface area contributed by atoms with Crippen LogP contribution in [0.3, 0.4) is 0 Å². The van der Waals surface area contributed by atoms with Gasteiger partial charge in [-0.2, -0.15) is 0 Å². The number of carbonyl (C=O) groups excluding carboxylic acids is 1. The van der Waals surface area contributed by atoms with Gasteiger partial charge in [-0.25, -0.2) is 8.78 Å². The van der Waals surface area contributed by atoms with Crippen molar-refractivity contribution in [3.05, 3.63) is 82.7 Å². The number of ketones is 1. The summed E-state index contributed by atoms with van der Waals surface area (Å²) in [5.74, 6) is 7.14. The van der Waals surface area contributed by atoms with Crippen LogP contribution in [0.2, 0.25) is 0 Å². The number of Topliss-reactive ketones (excluding diaryl/α,β-unsaturated/α-hetero) is 1. The molecule has 4 rings (SSSR count). The Labute approximate surface area is 249 Å². The predicted octanol–water partition coefficient (Wildman–Crippen LogP) is 5.12. The summed E-state index contributed by atoms with van der Waals surface area (Å²) in [7, 11) is 1.93. The van der Waals surface area contributed by atoms with Crippen molar-refractivity contribution in [3.8, 4) is 11.8 Å². The Kier molecular flexibility index (Phi) is 11.4. The second-order valence-electron chi connectivity index (χ2n) is 11.3. The molecule has 0 amide bonds. The van der Waals surface area contributed by atoms with Crippen LogP contribution >= 0.6 is 0 Å². The monoisotopic (exact) mass is 575 g/mol. The van der Waals surface area contributed by atoms with Crippen LogP contribution in [0, 0.1) is 17.8 Å². The molecule has 1 aromatic rings. The molecular formula is C34H43F2N5O. The number of nitrogens with two attached hydrogens (primary N) is 1. The van der Waals surface area contributed by atoms with Crippen molar-refractivity contribution < 1.29 is 13.6 Å². The number of alkyl halides is 2. The van der Waals surface area contributed by atoms with Crippen molar-refractivity contribution in [1.29, 1.82) is 0 Å². The van der Waals surface area contributed by atoms with Crippen molar-refractivity contribution in [3.63, 3.8) is 0 Å². The predicted molar refractivity (Wildman–Crippen MR) is 166 cm³/mol. The first-order chi connectivity index (χ1) is 20.2. The molecule has 1 unspecified atom stereocenters. The van der Waals surface area contributed by atoms with E-state index < -0.39 is 6.43 Å². The number of likely N-dealkylation sites (N-methyl/N-ethyl adjacent to an activating group) is 1. The number of likely N-dealkylation sites (tertiary alicyclic amines) is 1. The minimum absolute atomic E-state index is 0.00128. The molecule has 1 fully saturated rings. The summed E-state index contributed by atoms with van der Waals surface area (Å²) in [5, 5.41) is 0. The molecule has 0 radical (unpaired) electrons. The largest absolute Gasteiger partial charge is 0.354 e. The van der Waals surface area contributed by atoms with E-state index in [1.165, 1.54) is 17.7 Å². The maximum atomic E-state index is 13.6. The number of nitrogens with zero attached hydrogens (tertiary/aromatic N) is 4. The van der Waals surface area contributed by atoms with Crippen molar-refractivity contribution in [1.82, 2.24) is 14.7 Å². The molecule has 0 spiro atoms. The number of carbonyl (C=O) groups is 1. The van der Waals surface area contributed by atoms with Gasteiger partial charge in [0.25, 0.3) is 6.43 Å². The summed E-state index contributed by atoms with van der Waals surface area (Å²) < 4.78 is 25.9. The van der Waals surface area contributed by atoms with Crippen LogP contribution in [0.5, 0.6) is 0 Å². The molecule has 2 N–H and O–H groups in total. The fourth-order valence-electron chi connectivity index (χ4n) is 5.80. The Morgan fingerprint density at radius 1 is 1.21 bits per heavy atom. The number of rotatable bonds is 13. The molecular weight excluding hydrogens is 532 g/mol. The van der Waals surface area contributed by atoms with Gasteiger partial charge in [-0.3, -0.25) is 14.7 Å². The van der Waals surface area contributed by atoms with E-state index in [1.54, 1.807) is 12.1 Å². The van der Waals surface area contributed by atoms with Crippen LogP contribution < -0.4 is 5.73 Å². The molecule has 2 heterocycles. The highest BCUT2D eigenvalue weighted by Crippen LogP contribution is 2.32. The minimum Gasteiger partial charge on any atom is -0.354 e. The lowest BCUT2D eigenvalue weighted by Crippen LogP contribution is -2.37.